The Balaban J connectivity index is 2.26. The number of hydrogen-bond donors (Lipinski definition) is 1. The predicted molar refractivity (Wildman–Crippen MR) is 78.4 cm³/mol. The molecule has 0 atom stereocenters. The SMILES string of the molecule is CCN(Cc1ccncc1)c1cc(OC)ccc1N. The number of nitrogen functional groups attached to an aromatic ring is 1. The average Bonchev–Trinajstić information content (AvgIpc) is 2.47. The fourth-order valence-corrected chi connectivity index (χ4v) is 2.00. The van der Waals surface area contributed by atoms with Crippen LogP contribution in [0.2, 0.25) is 0 Å². The van der Waals surface area contributed by atoms with Gasteiger partial charge in [0.2, 0.25) is 0 Å². The van der Waals surface area contributed by atoms with Gasteiger partial charge in [-0.3, -0.25) is 4.98 Å². The van der Waals surface area contributed by atoms with Crippen LogP contribution in [-0.4, -0.2) is 18.6 Å². The number of nitrogens with zero attached hydrogens (tertiary/aromatic N) is 2. The second kappa shape index (κ2) is 6.09. The molecule has 0 aliphatic rings. The van der Waals surface area contributed by atoms with Crippen molar-refractivity contribution in [2.75, 3.05) is 24.3 Å². The third-order valence-electron chi connectivity index (χ3n) is 3.08. The normalized spacial score (nSPS) is 10.2. The van der Waals surface area contributed by atoms with Gasteiger partial charge in [-0.1, -0.05) is 0 Å². The third-order valence-corrected chi connectivity index (χ3v) is 3.08. The van der Waals surface area contributed by atoms with Gasteiger partial charge in [-0.25, -0.2) is 0 Å². The minimum absolute atomic E-state index is 0.761. The first-order chi connectivity index (χ1) is 9.24. The molecule has 0 bridgehead atoms. The van der Waals surface area contributed by atoms with E-state index in [9.17, 15) is 0 Å². The van der Waals surface area contributed by atoms with Crippen LogP contribution in [-0.2, 0) is 6.54 Å². The number of anilines is 2. The fraction of sp³-hybridized carbons (Fsp3) is 0.267. The summed E-state index contributed by atoms with van der Waals surface area (Å²) in [5.74, 6) is 0.817. The van der Waals surface area contributed by atoms with Gasteiger partial charge in [0.1, 0.15) is 5.75 Å². The van der Waals surface area contributed by atoms with Crippen LogP contribution in [0, 0.1) is 0 Å². The lowest BCUT2D eigenvalue weighted by Crippen LogP contribution is -2.23. The topological polar surface area (TPSA) is 51.4 Å². The van der Waals surface area contributed by atoms with Gasteiger partial charge in [0.25, 0.3) is 0 Å². The van der Waals surface area contributed by atoms with Crippen LogP contribution in [0.3, 0.4) is 0 Å². The lowest BCUT2D eigenvalue weighted by atomic mass is 10.2. The van der Waals surface area contributed by atoms with E-state index in [0.29, 0.717) is 0 Å². The van der Waals surface area contributed by atoms with E-state index in [-0.39, 0.29) is 0 Å². The molecule has 0 spiro atoms. The van der Waals surface area contributed by atoms with E-state index in [4.69, 9.17) is 10.5 Å². The first-order valence-corrected chi connectivity index (χ1v) is 6.32. The van der Waals surface area contributed by atoms with Crippen molar-refractivity contribution in [1.29, 1.82) is 0 Å². The number of aromatic nitrogens is 1. The molecular weight excluding hydrogens is 238 g/mol. The highest BCUT2D eigenvalue weighted by molar-refractivity contribution is 5.69. The molecule has 1 aromatic carbocycles. The lowest BCUT2D eigenvalue weighted by Gasteiger charge is -2.25. The fourth-order valence-electron chi connectivity index (χ4n) is 2.00. The van der Waals surface area contributed by atoms with Gasteiger partial charge in [0.15, 0.2) is 0 Å². The summed E-state index contributed by atoms with van der Waals surface area (Å²) in [5, 5.41) is 0. The van der Waals surface area contributed by atoms with Crippen LogP contribution in [0.5, 0.6) is 5.75 Å². The van der Waals surface area contributed by atoms with Crippen LogP contribution in [0.1, 0.15) is 12.5 Å². The Morgan fingerprint density at radius 2 is 1.95 bits per heavy atom. The molecule has 4 nitrogen and oxygen atoms in total. The van der Waals surface area contributed by atoms with Crippen molar-refractivity contribution in [3.05, 3.63) is 48.3 Å². The molecule has 0 saturated heterocycles. The molecule has 1 aromatic heterocycles. The molecule has 0 aliphatic heterocycles. The molecule has 2 aromatic rings. The van der Waals surface area contributed by atoms with E-state index in [1.54, 1.807) is 19.5 Å². The van der Waals surface area contributed by atoms with Gasteiger partial charge in [-0.2, -0.15) is 0 Å². The molecule has 0 unspecified atom stereocenters. The van der Waals surface area contributed by atoms with Gasteiger partial charge in [-0.05, 0) is 36.8 Å². The monoisotopic (exact) mass is 257 g/mol. The summed E-state index contributed by atoms with van der Waals surface area (Å²) in [4.78, 5) is 6.25. The van der Waals surface area contributed by atoms with Crippen LogP contribution in [0.4, 0.5) is 11.4 Å². The van der Waals surface area contributed by atoms with Gasteiger partial charge in [-0.15, -0.1) is 0 Å². The van der Waals surface area contributed by atoms with Crippen molar-refractivity contribution in [1.82, 2.24) is 4.98 Å². The van der Waals surface area contributed by atoms with Crippen molar-refractivity contribution < 1.29 is 4.74 Å². The van der Waals surface area contributed by atoms with Crippen molar-refractivity contribution in [3.63, 3.8) is 0 Å². The number of benzene rings is 1. The van der Waals surface area contributed by atoms with Gasteiger partial charge in [0.05, 0.1) is 18.5 Å². The second-order valence-corrected chi connectivity index (χ2v) is 4.29. The zero-order chi connectivity index (χ0) is 13.7. The number of pyridine rings is 1. The Bertz CT molecular complexity index is 528. The lowest BCUT2D eigenvalue weighted by molar-refractivity contribution is 0.415. The average molecular weight is 257 g/mol. The van der Waals surface area contributed by atoms with Crippen molar-refractivity contribution in [2.45, 2.75) is 13.5 Å². The number of nitrogens with two attached hydrogens (primary N) is 1. The summed E-state index contributed by atoms with van der Waals surface area (Å²) in [6, 6.07) is 9.75. The number of rotatable bonds is 5. The number of methoxy groups -OCH3 is 1. The van der Waals surface area contributed by atoms with E-state index >= 15 is 0 Å². The summed E-state index contributed by atoms with van der Waals surface area (Å²) in [7, 11) is 1.66. The maximum atomic E-state index is 6.06. The Morgan fingerprint density at radius 3 is 2.58 bits per heavy atom. The van der Waals surface area contributed by atoms with Crippen molar-refractivity contribution in [3.8, 4) is 5.75 Å². The highest BCUT2D eigenvalue weighted by Gasteiger charge is 2.10. The van der Waals surface area contributed by atoms with Gasteiger partial charge < -0.3 is 15.4 Å². The first-order valence-electron chi connectivity index (χ1n) is 6.32. The van der Waals surface area contributed by atoms with Gasteiger partial charge in [0, 0.05) is 31.5 Å². The molecular formula is C15H19N3O. The third kappa shape index (κ3) is 3.16. The molecule has 0 aliphatic carbocycles. The van der Waals surface area contributed by atoms with Crippen LogP contribution < -0.4 is 15.4 Å². The Kier molecular flexibility index (Phi) is 4.23. The quantitative estimate of drug-likeness (QED) is 0.837. The van der Waals surface area contributed by atoms with Crippen LogP contribution >= 0.6 is 0 Å². The van der Waals surface area contributed by atoms with Gasteiger partial charge >= 0.3 is 0 Å². The zero-order valence-corrected chi connectivity index (χ0v) is 11.3. The summed E-state index contributed by atoms with van der Waals surface area (Å²) < 4.78 is 5.26. The summed E-state index contributed by atoms with van der Waals surface area (Å²) in [5.41, 5.74) is 9.03. The first kappa shape index (κ1) is 13.2. The molecule has 2 N–H and O–H groups in total. The van der Waals surface area contributed by atoms with Crippen molar-refractivity contribution >= 4 is 11.4 Å². The Hall–Kier alpha value is -2.23. The molecule has 0 fully saturated rings. The Labute approximate surface area is 113 Å². The molecule has 4 heteroatoms. The van der Waals surface area contributed by atoms with Crippen LogP contribution in [0.25, 0.3) is 0 Å². The molecule has 1 heterocycles. The number of hydrogen-bond acceptors (Lipinski definition) is 4. The highest BCUT2D eigenvalue weighted by Crippen LogP contribution is 2.29. The molecule has 19 heavy (non-hydrogen) atoms. The van der Waals surface area contributed by atoms with E-state index in [2.05, 4.69) is 16.8 Å². The minimum atomic E-state index is 0.761. The molecule has 0 amide bonds. The van der Waals surface area contributed by atoms with Crippen molar-refractivity contribution in [2.24, 2.45) is 0 Å². The minimum Gasteiger partial charge on any atom is -0.497 e. The molecule has 0 saturated carbocycles. The second-order valence-electron chi connectivity index (χ2n) is 4.29. The maximum Gasteiger partial charge on any atom is 0.121 e. The largest absolute Gasteiger partial charge is 0.497 e. The van der Waals surface area contributed by atoms with E-state index < -0.39 is 0 Å². The highest BCUT2D eigenvalue weighted by atomic mass is 16.5. The van der Waals surface area contributed by atoms with E-state index in [1.165, 1.54) is 5.56 Å². The summed E-state index contributed by atoms with van der Waals surface area (Å²) >= 11 is 0. The Morgan fingerprint density at radius 1 is 1.21 bits per heavy atom. The summed E-state index contributed by atoms with van der Waals surface area (Å²) in [6.07, 6.45) is 3.61. The molecule has 100 valence electrons. The molecule has 2 rings (SSSR count). The van der Waals surface area contributed by atoms with E-state index in [0.717, 1.165) is 30.2 Å². The standard InChI is InChI=1S/C15H19N3O/c1-3-18(11-12-6-8-17-9-7-12)15-10-13(19-2)4-5-14(15)16/h4-10H,3,11,16H2,1-2H3. The van der Waals surface area contributed by atoms with Crippen LogP contribution in [0.15, 0.2) is 42.7 Å². The maximum absolute atomic E-state index is 6.06. The smallest absolute Gasteiger partial charge is 0.121 e. The zero-order valence-electron chi connectivity index (χ0n) is 11.3. The molecule has 0 radical (unpaired) electrons. The van der Waals surface area contributed by atoms with E-state index in [1.807, 2.05) is 30.3 Å². The predicted octanol–water partition coefficient (Wildman–Crippen LogP) is 2.70. The summed E-state index contributed by atoms with van der Waals surface area (Å²) in [6.45, 7) is 3.79. The number of ether oxygens (including phenoxy) is 1.